The molecule has 20 heavy (non-hydrogen) atoms. The van der Waals surface area contributed by atoms with E-state index in [1.807, 2.05) is 24.3 Å². The highest BCUT2D eigenvalue weighted by Crippen LogP contribution is 2.34. The van der Waals surface area contributed by atoms with E-state index in [4.69, 9.17) is 5.73 Å². The molecule has 0 aliphatic heterocycles. The lowest BCUT2D eigenvalue weighted by atomic mass is 10.1. The summed E-state index contributed by atoms with van der Waals surface area (Å²) in [5.41, 5.74) is 6.26. The molecule has 0 aliphatic carbocycles. The molecule has 3 rings (SSSR count). The van der Waals surface area contributed by atoms with Gasteiger partial charge in [0.05, 0.1) is 0 Å². The van der Waals surface area contributed by atoms with Gasteiger partial charge < -0.3 is 10.8 Å². The van der Waals surface area contributed by atoms with Crippen LogP contribution in [0.3, 0.4) is 0 Å². The standard InChI is InChI=1S/C12H10N4O2S2/c13-11-14-12(16-15-11)19-5-7-6-3-1-2-4-8(6)20-9(7)10(17)18/h1-4H,5H2,(H,17,18)(H3,13,14,15,16). The summed E-state index contributed by atoms with van der Waals surface area (Å²) in [5, 5.41) is 17.3. The minimum atomic E-state index is -0.906. The van der Waals surface area contributed by atoms with E-state index in [2.05, 4.69) is 15.2 Å². The van der Waals surface area contributed by atoms with E-state index < -0.39 is 5.97 Å². The maximum absolute atomic E-state index is 11.4. The van der Waals surface area contributed by atoms with Crippen LogP contribution >= 0.6 is 23.1 Å². The lowest BCUT2D eigenvalue weighted by Crippen LogP contribution is -1.96. The summed E-state index contributed by atoms with van der Waals surface area (Å²) in [6.07, 6.45) is 0. The fourth-order valence-electron chi connectivity index (χ4n) is 1.87. The number of hydrogen-bond donors (Lipinski definition) is 3. The SMILES string of the molecule is Nc1nc(SCc2c(C(=O)O)sc3ccccc23)n[nH]1. The number of H-pyrrole nitrogens is 1. The smallest absolute Gasteiger partial charge is 0.346 e. The van der Waals surface area contributed by atoms with Gasteiger partial charge in [0.1, 0.15) is 4.88 Å². The molecule has 102 valence electrons. The van der Waals surface area contributed by atoms with Gasteiger partial charge in [0.2, 0.25) is 11.1 Å². The zero-order chi connectivity index (χ0) is 14.1. The normalized spacial score (nSPS) is 11.0. The highest BCUT2D eigenvalue weighted by atomic mass is 32.2. The van der Waals surface area contributed by atoms with Crippen molar-refractivity contribution in [2.75, 3.05) is 5.73 Å². The Morgan fingerprint density at radius 2 is 2.25 bits per heavy atom. The van der Waals surface area contributed by atoms with Crippen molar-refractivity contribution < 1.29 is 9.90 Å². The van der Waals surface area contributed by atoms with Crippen LogP contribution in [-0.2, 0) is 5.75 Å². The second-order valence-electron chi connectivity index (χ2n) is 4.00. The van der Waals surface area contributed by atoms with Crippen LogP contribution in [0.1, 0.15) is 15.2 Å². The number of fused-ring (bicyclic) bond motifs is 1. The number of carboxylic acid groups (broad SMARTS) is 1. The molecule has 2 aromatic heterocycles. The summed E-state index contributed by atoms with van der Waals surface area (Å²) >= 11 is 2.64. The molecule has 0 radical (unpaired) electrons. The fourth-order valence-corrected chi connectivity index (χ4v) is 3.87. The highest BCUT2D eigenvalue weighted by Gasteiger charge is 2.18. The van der Waals surface area contributed by atoms with Gasteiger partial charge in [-0.15, -0.1) is 16.4 Å². The van der Waals surface area contributed by atoms with Crippen LogP contribution in [0.15, 0.2) is 29.4 Å². The Balaban J connectivity index is 1.96. The molecule has 0 fully saturated rings. The van der Waals surface area contributed by atoms with Crippen molar-refractivity contribution in [1.29, 1.82) is 0 Å². The minimum absolute atomic E-state index is 0.251. The van der Waals surface area contributed by atoms with E-state index in [-0.39, 0.29) is 5.95 Å². The summed E-state index contributed by atoms with van der Waals surface area (Å²) in [4.78, 5) is 15.7. The molecule has 6 nitrogen and oxygen atoms in total. The Labute approximate surface area is 122 Å². The van der Waals surface area contributed by atoms with E-state index in [0.29, 0.717) is 15.8 Å². The Kier molecular flexibility index (Phi) is 3.33. The third-order valence-electron chi connectivity index (χ3n) is 2.72. The summed E-state index contributed by atoms with van der Waals surface area (Å²) in [5.74, 6) is -0.166. The van der Waals surface area contributed by atoms with E-state index >= 15 is 0 Å². The average Bonchev–Trinajstić information content (AvgIpc) is 3.00. The highest BCUT2D eigenvalue weighted by molar-refractivity contribution is 7.98. The Hall–Kier alpha value is -2.06. The molecule has 0 bridgehead atoms. The third-order valence-corrected chi connectivity index (χ3v) is 4.80. The van der Waals surface area contributed by atoms with Crippen molar-refractivity contribution in [2.24, 2.45) is 0 Å². The molecule has 0 saturated carbocycles. The third kappa shape index (κ3) is 2.35. The maximum atomic E-state index is 11.4. The minimum Gasteiger partial charge on any atom is -0.477 e. The number of hydrogen-bond acceptors (Lipinski definition) is 6. The molecule has 4 N–H and O–H groups in total. The lowest BCUT2D eigenvalue weighted by Gasteiger charge is -1.99. The number of aromatic nitrogens is 3. The first-order chi connectivity index (χ1) is 9.65. The van der Waals surface area contributed by atoms with E-state index in [0.717, 1.165) is 15.6 Å². The predicted molar refractivity (Wildman–Crippen MR) is 79.1 cm³/mol. The van der Waals surface area contributed by atoms with Crippen molar-refractivity contribution in [2.45, 2.75) is 10.9 Å². The van der Waals surface area contributed by atoms with Gasteiger partial charge in [-0.2, -0.15) is 4.98 Å². The number of carboxylic acids is 1. The molecule has 0 saturated heterocycles. The van der Waals surface area contributed by atoms with Gasteiger partial charge in [-0.3, -0.25) is 0 Å². The number of aromatic carboxylic acids is 1. The lowest BCUT2D eigenvalue weighted by molar-refractivity contribution is 0.0701. The number of aromatic amines is 1. The summed E-state index contributed by atoms with van der Waals surface area (Å²) in [6, 6.07) is 7.66. The summed E-state index contributed by atoms with van der Waals surface area (Å²) in [6.45, 7) is 0. The molecule has 0 spiro atoms. The van der Waals surface area contributed by atoms with Gasteiger partial charge in [0, 0.05) is 10.5 Å². The van der Waals surface area contributed by atoms with Gasteiger partial charge >= 0.3 is 5.97 Å². The number of rotatable bonds is 4. The van der Waals surface area contributed by atoms with Crippen LogP contribution in [0.5, 0.6) is 0 Å². The average molecular weight is 306 g/mol. The fraction of sp³-hybridized carbons (Fsp3) is 0.0833. The number of nitrogens with two attached hydrogens (primary N) is 1. The molecule has 3 aromatic rings. The molecular weight excluding hydrogens is 296 g/mol. The topological polar surface area (TPSA) is 105 Å². The Morgan fingerprint density at radius 3 is 2.95 bits per heavy atom. The van der Waals surface area contributed by atoms with Crippen molar-refractivity contribution >= 4 is 45.1 Å². The number of nitrogens with zero attached hydrogens (tertiary/aromatic N) is 2. The van der Waals surface area contributed by atoms with Gasteiger partial charge in [0.15, 0.2) is 0 Å². The van der Waals surface area contributed by atoms with Crippen LogP contribution in [0.2, 0.25) is 0 Å². The number of nitrogens with one attached hydrogen (secondary N) is 1. The predicted octanol–water partition coefficient (Wildman–Crippen LogP) is 2.59. The number of carbonyl (C=O) groups is 1. The molecule has 0 atom stereocenters. The van der Waals surface area contributed by atoms with Crippen LogP contribution in [0.4, 0.5) is 5.95 Å². The molecule has 2 heterocycles. The molecule has 0 aliphatic rings. The Morgan fingerprint density at radius 1 is 1.45 bits per heavy atom. The van der Waals surface area contributed by atoms with Crippen LogP contribution in [-0.4, -0.2) is 26.3 Å². The second-order valence-corrected chi connectivity index (χ2v) is 6.00. The Bertz CT molecular complexity index is 781. The first-order valence-electron chi connectivity index (χ1n) is 5.69. The molecule has 0 unspecified atom stereocenters. The zero-order valence-electron chi connectivity index (χ0n) is 10.2. The van der Waals surface area contributed by atoms with Crippen molar-refractivity contribution in [3.05, 3.63) is 34.7 Å². The van der Waals surface area contributed by atoms with Crippen molar-refractivity contribution in [3.8, 4) is 0 Å². The quantitative estimate of drug-likeness (QED) is 0.640. The number of benzene rings is 1. The number of anilines is 1. The van der Waals surface area contributed by atoms with Crippen LogP contribution in [0, 0.1) is 0 Å². The zero-order valence-corrected chi connectivity index (χ0v) is 11.8. The molecule has 0 amide bonds. The van der Waals surface area contributed by atoms with E-state index in [1.165, 1.54) is 23.1 Å². The summed E-state index contributed by atoms with van der Waals surface area (Å²) in [7, 11) is 0. The van der Waals surface area contributed by atoms with Crippen LogP contribution in [0.25, 0.3) is 10.1 Å². The van der Waals surface area contributed by atoms with Gasteiger partial charge in [-0.1, -0.05) is 30.0 Å². The monoisotopic (exact) mass is 306 g/mol. The van der Waals surface area contributed by atoms with Gasteiger partial charge in [-0.25, -0.2) is 9.89 Å². The second kappa shape index (κ2) is 5.14. The van der Waals surface area contributed by atoms with E-state index in [1.54, 1.807) is 0 Å². The first kappa shape index (κ1) is 12.9. The van der Waals surface area contributed by atoms with Crippen LogP contribution < -0.4 is 5.73 Å². The van der Waals surface area contributed by atoms with Gasteiger partial charge in [0.25, 0.3) is 0 Å². The molecular formula is C12H10N4O2S2. The summed E-state index contributed by atoms with van der Waals surface area (Å²) < 4.78 is 0.968. The number of thiophene rings is 1. The largest absolute Gasteiger partial charge is 0.477 e. The molecule has 1 aromatic carbocycles. The van der Waals surface area contributed by atoms with Gasteiger partial charge in [-0.05, 0) is 17.0 Å². The van der Waals surface area contributed by atoms with Crippen molar-refractivity contribution in [1.82, 2.24) is 15.2 Å². The van der Waals surface area contributed by atoms with Crippen molar-refractivity contribution in [3.63, 3.8) is 0 Å². The number of nitrogen functional groups attached to an aromatic ring is 1. The molecule has 8 heteroatoms. The van der Waals surface area contributed by atoms with E-state index in [9.17, 15) is 9.90 Å². The number of thioether (sulfide) groups is 1. The maximum Gasteiger partial charge on any atom is 0.346 e. The first-order valence-corrected chi connectivity index (χ1v) is 7.49.